The van der Waals surface area contributed by atoms with E-state index in [0.717, 1.165) is 34.5 Å². The lowest BCUT2D eigenvalue weighted by Crippen LogP contribution is -2.21. The number of benzene rings is 3. The molecule has 4 aromatic rings. The molecule has 0 aliphatic carbocycles. The van der Waals surface area contributed by atoms with Gasteiger partial charge in [0.25, 0.3) is 0 Å². The molecule has 35 heavy (non-hydrogen) atoms. The van der Waals surface area contributed by atoms with Gasteiger partial charge in [0, 0.05) is 24.0 Å². The Hall–Kier alpha value is -4.52. The summed E-state index contributed by atoms with van der Waals surface area (Å²) in [5.74, 6) is -1.20. The fourth-order valence-corrected chi connectivity index (χ4v) is 4.21. The molecule has 0 spiro atoms. The van der Waals surface area contributed by atoms with E-state index < -0.39 is 11.9 Å². The first-order chi connectivity index (χ1) is 17.1. The molecule has 1 aromatic heterocycles. The molecule has 3 aromatic carbocycles. The number of imidazole rings is 1. The monoisotopic (exact) mass is 464 g/mol. The molecule has 2 N–H and O–H groups in total. The summed E-state index contributed by atoms with van der Waals surface area (Å²) < 4.78 is 5.10. The molecule has 1 aliphatic rings. The quantitative estimate of drug-likeness (QED) is 0.296. The first-order valence-electron chi connectivity index (χ1n) is 11.4. The number of amides is 1. The van der Waals surface area contributed by atoms with Crippen LogP contribution in [0.1, 0.15) is 45.6 Å². The second-order valence-electron chi connectivity index (χ2n) is 8.23. The van der Waals surface area contributed by atoms with Crippen LogP contribution in [0.5, 0.6) is 0 Å². The number of rotatable bonds is 7. The Kier molecular flexibility index (Phi) is 6.22. The van der Waals surface area contributed by atoms with E-state index in [2.05, 4.69) is 15.3 Å². The highest BCUT2D eigenvalue weighted by atomic mass is 16.5. The highest BCUT2D eigenvalue weighted by molar-refractivity contribution is 6.24. The van der Waals surface area contributed by atoms with Gasteiger partial charge in [-0.15, -0.1) is 0 Å². The molecule has 5 rings (SSSR count). The fourth-order valence-electron chi connectivity index (χ4n) is 4.21. The lowest BCUT2D eigenvalue weighted by atomic mass is 9.90. The van der Waals surface area contributed by atoms with Crippen LogP contribution < -0.4 is 5.32 Å². The summed E-state index contributed by atoms with van der Waals surface area (Å²) >= 11 is 0. The van der Waals surface area contributed by atoms with Crippen LogP contribution in [-0.2, 0) is 16.0 Å². The van der Waals surface area contributed by atoms with Gasteiger partial charge in [-0.3, -0.25) is 9.79 Å². The lowest BCUT2D eigenvalue weighted by molar-refractivity contribution is -0.115. The molecule has 2 heterocycles. The van der Waals surface area contributed by atoms with Crippen LogP contribution >= 0.6 is 0 Å². The molecule has 1 unspecified atom stereocenters. The number of aromatic nitrogens is 2. The zero-order valence-electron chi connectivity index (χ0n) is 19.2. The topological polar surface area (TPSA) is 96.4 Å². The van der Waals surface area contributed by atoms with Crippen LogP contribution in [0.15, 0.2) is 90.3 Å². The average molecular weight is 465 g/mol. The van der Waals surface area contributed by atoms with Gasteiger partial charge in [-0.1, -0.05) is 48.5 Å². The van der Waals surface area contributed by atoms with Gasteiger partial charge in [-0.25, -0.2) is 9.78 Å². The van der Waals surface area contributed by atoms with Crippen molar-refractivity contribution in [3.05, 3.63) is 113 Å². The highest BCUT2D eigenvalue weighted by Crippen LogP contribution is 2.37. The SMILES string of the molecule is CCOC(=O)c1ccc2c(c1)NC(=O)C2C(=Nc1ccc(Cc2cnc[nH]2)cc1)c1ccccc1. The minimum atomic E-state index is -0.603. The van der Waals surface area contributed by atoms with E-state index in [1.807, 2.05) is 60.8 Å². The third-order valence-electron chi connectivity index (χ3n) is 5.87. The maximum absolute atomic E-state index is 13.2. The van der Waals surface area contributed by atoms with Crippen molar-refractivity contribution in [2.24, 2.45) is 4.99 Å². The summed E-state index contributed by atoms with van der Waals surface area (Å²) in [7, 11) is 0. The van der Waals surface area contributed by atoms with Crippen molar-refractivity contribution >= 4 is 29.0 Å². The molecular formula is C28H24N4O3. The predicted molar refractivity (Wildman–Crippen MR) is 134 cm³/mol. The number of H-pyrrole nitrogens is 1. The zero-order chi connectivity index (χ0) is 24.2. The molecule has 0 bridgehead atoms. The number of nitrogens with zero attached hydrogens (tertiary/aromatic N) is 2. The van der Waals surface area contributed by atoms with Crippen molar-refractivity contribution in [1.82, 2.24) is 9.97 Å². The molecule has 0 saturated heterocycles. The molecule has 0 saturated carbocycles. The Morgan fingerprint density at radius 1 is 1.03 bits per heavy atom. The second-order valence-corrected chi connectivity index (χ2v) is 8.23. The molecule has 174 valence electrons. The number of esters is 1. The predicted octanol–water partition coefficient (Wildman–Crippen LogP) is 5.03. The van der Waals surface area contributed by atoms with Crippen molar-refractivity contribution in [1.29, 1.82) is 0 Å². The number of hydrogen-bond donors (Lipinski definition) is 2. The standard InChI is InChI=1S/C28H24N4O3/c1-2-35-28(34)20-10-13-23-24(15-20)32-27(33)25(23)26(19-6-4-3-5-7-19)31-21-11-8-18(9-12-21)14-22-16-29-17-30-22/h3-13,15-17,25H,2,14H2,1H3,(H,29,30)(H,32,33). The van der Waals surface area contributed by atoms with Crippen LogP contribution in [0.3, 0.4) is 0 Å². The molecule has 7 nitrogen and oxygen atoms in total. The van der Waals surface area contributed by atoms with Crippen molar-refractivity contribution in [2.45, 2.75) is 19.3 Å². The van der Waals surface area contributed by atoms with Gasteiger partial charge in [-0.05, 0) is 47.9 Å². The van der Waals surface area contributed by atoms with Crippen LogP contribution in [0.2, 0.25) is 0 Å². The van der Waals surface area contributed by atoms with Crippen LogP contribution in [0.4, 0.5) is 11.4 Å². The largest absolute Gasteiger partial charge is 0.462 e. The number of aromatic amines is 1. The van der Waals surface area contributed by atoms with E-state index >= 15 is 0 Å². The Morgan fingerprint density at radius 3 is 2.54 bits per heavy atom. The van der Waals surface area contributed by atoms with Gasteiger partial charge >= 0.3 is 5.97 Å². The molecule has 1 amide bonds. The number of ether oxygens (including phenoxy) is 1. The van der Waals surface area contributed by atoms with E-state index in [0.29, 0.717) is 17.0 Å². The number of carbonyl (C=O) groups excluding carboxylic acids is 2. The minimum Gasteiger partial charge on any atom is -0.462 e. The van der Waals surface area contributed by atoms with Crippen molar-refractivity contribution in [2.75, 3.05) is 11.9 Å². The van der Waals surface area contributed by atoms with Crippen molar-refractivity contribution < 1.29 is 14.3 Å². The van der Waals surface area contributed by atoms with Gasteiger partial charge in [0.1, 0.15) is 5.92 Å². The molecule has 1 atom stereocenters. The third-order valence-corrected chi connectivity index (χ3v) is 5.87. The Morgan fingerprint density at radius 2 is 1.83 bits per heavy atom. The summed E-state index contributed by atoms with van der Waals surface area (Å²) in [4.78, 5) is 37.4. The lowest BCUT2D eigenvalue weighted by Gasteiger charge is -2.14. The van der Waals surface area contributed by atoms with Gasteiger partial charge in [0.15, 0.2) is 0 Å². The van der Waals surface area contributed by atoms with Gasteiger partial charge in [-0.2, -0.15) is 0 Å². The third kappa shape index (κ3) is 4.75. The van der Waals surface area contributed by atoms with Crippen molar-refractivity contribution in [3.8, 4) is 0 Å². The first kappa shape index (κ1) is 22.3. The summed E-state index contributed by atoms with van der Waals surface area (Å²) in [5.41, 5.74) is 6.20. The Bertz CT molecular complexity index is 1380. The number of fused-ring (bicyclic) bond motifs is 1. The van der Waals surface area contributed by atoms with E-state index in [9.17, 15) is 9.59 Å². The van der Waals surface area contributed by atoms with Gasteiger partial charge < -0.3 is 15.0 Å². The maximum Gasteiger partial charge on any atom is 0.338 e. The number of hydrogen-bond acceptors (Lipinski definition) is 5. The number of aliphatic imine (C=N–C) groups is 1. The molecular weight excluding hydrogens is 440 g/mol. The van der Waals surface area contributed by atoms with Crippen LogP contribution in [0, 0.1) is 0 Å². The number of anilines is 1. The van der Waals surface area contributed by atoms with Gasteiger partial charge in [0.05, 0.1) is 29.9 Å². The van der Waals surface area contributed by atoms with Crippen LogP contribution in [-0.4, -0.2) is 34.2 Å². The van der Waals surface area contributed by atoms with Gasteiger partial charge in [0.2, 0.25) is 5.91 Å². The summed E-state index contributed by atoms with van der Waals surface area (Å²) in [6, 6.07) is 22.8. The first-order valence-corrected chi connectivity index (χ1v) is 11.4. The molecule has 0 radical (unpaired) electrons. The second kappa shape index (κ2) is 9.77. The normalized spacial score (nSPS) is 14.9. The average Bonchev–Trinajstić information content (AvgIpc) is 3.50. The van der Waals surface area contributed by atoms with E-state index in [1.54, 1.807) is 31.5 Å². The van der Waals surface area contributed by atoms with E-state index in [4.69, 9.17) is 9.73 Å². The summed E-state index contributed by atoms with van der Waals surface area (Å²) in [6.07, 6.45) is 4.22. The smallest absolute Gasteiger partial charge is 0.338 e. The molecule has 1 aliphatic heterocycles. The summed E-state index contributed by atoms with van der Waals surface area (Å²) in [5, 5.41) is 2.92. The summed E-state index contributed by atoms with van der Waals surface area (Å²) in [6.45, 7) is 2.05. The fraction of sp³-hybridized carbons (Fsp3) is 0.143. The maximum atomic E-state index is 13.2. The minimum absolute atomic E-state index is 0.181. The number of carbonyl (C=O) groups is 2. The molecule has 7 heteroatoms. The van der Waals surface area contributed by atoms with E-state index in [-0.39, 0.29) is 12.5 Å². The number of nitrogens with one attached hydrogen (secondary N) is 2. The van der Waals surface area contributed by atoms with Crippen LogP contribution in [0.25, 0.3) is 0 Å². The Balaban J connectivity index is 1.51. The molecule has 0 fully saturated rings. The van der Waals surface area contributed by atoms with E-state index in [1.165, 1.54) is 0 Å². The highest BCUT2D eigenvalue weighted by Gasteiger charge is 2.36. The zero-order valence-corrected chi connectivity index (χ0v) is 19.2. The Labute approximate surface area is 202 Å². The van der Waals surface area contributed by atoms with Crippen molar-refractivity contribution in [3.63, 3.8) is 0 Å².